The molecule has 3 heterocycles. The van der Waals surface area contributed by atoms with Crippen LogP contribution in [0.25, 0.3) is 0 Å². The van der Waals surface area contributed by atoms with E-state index in [2.05, 4.69) is 10.3 Å². The minimum atomic E-state index is -0.266. The Morgan fingerprint density at radius 2 is 1.80 bits per heavy atom. The number of amides is 2. The zero-order chi connectivity index (χ0) is 24.2. The zero-order valence-corrected chi connectivity index (χ0v) is 19.6. The average Bonchev–Trinajstić information content (AvgIpc) is 3.36. The lowest BCUT2D eigenvalue weighted by Gasteiger charge is -2.36. The SMILES string of the molecule is O=C(CSc1ncccc1C(=O)N1CCN(c2ccccc2F)CC1)Nc1ccc2c(c1)OCO2. The molecule has 3 aromatic rings. The Labute approximate surface area is 206 Å². The van der Waals surface area contributed by atoms with Gasteiger partial charge in [0.15, 0.2) is 11.5 Å². The predicted molar refractivity (Wildman–Crippen MR) is 131 cm³/mol. The minimum absolute atomic E-state index is 0.0901. The van der Waals surface area contributed by atoms with E-state index in [-0.39, 0.29) is 30.2 Å². The van der Waals surface area contributed by atoms with Crippen LogP contribution in [0.1, 0.15) is 10.4 Å². The van der Waals surface area contributed by atoms with Gasteiger partial charge in [0.2, 0.25) is 12.7 Å². The lowest BCUT2D eigenvalue weighted by Crippen LogP contribution is -2.49. The molecule has 2 amide bonds. The van der Waals surface area contributed by atoms with Gasteiger partial charge in [-0.25, -0.2) is 9.37 Å². The molecule has 2 aliphatic rings. The van der Waals surface area contributed by atoms with Crippen LogP contribution in [0, 0.1) is 5.82 Å². The molecule has 0 saturated carbocycles. The van der Waals surface area contributed by atoms with E-state index < -0.39 is 0 Å². The molecule has 1 aromatic heterocycles. The molecular weight excluding hydrogens is 471 g/mol. The molecule has 35 heavy (non-hydrogen) atoms. The molecular formula is C25H23FN4O4S. The molecule has 2 aliphatic heterocycles. The topological polar surface area (TPSA) is 84.0 Å². The van der Waals surface area contributed by atoms with Gasteiger partial charge in [-0.1, -0.05) is 23.9 Å². The fourth-order valence-corrected chi connectivity index (χ4v) is 4.79. The van der Waals surface area contributed by atoms with Crippen molar-refractivity contribution in [2.24, 2.45) is 0 Å². The van der Waals surface area contributed by atoms with Gasteiger partial charge in [-0.3, -0.25) is 9.59 Å². The van der Waals surface area contributed by atoms with E-state index in [1.165, 1.54) is 17.8 Å². The standard InChI is InChI=1S/C25H23FN4O4S/c26-19-5-1-2-6-20(19)29-10-12-30(13-11-29)25(32)18-4-3-9-27-24(18)35-15-23(31)28-17-7-8-21-22(14-17)34-16-33-21/h1-9,14H,10-13,15-16H2,(H,28,31). The lowest BCUT2D eigenvalue weighted by molar-refractivity contribution is -0.113. The van der Waals surface area contributed by atoms with Gasteiger partial charge >= 0.3 is 0 Å². The van der Waals surface area contributed by atoms with Crippen molar-refractivity contribution in [3.63, 3.8) is 0 Å². The number of ether oxygens (including phenoxy) is 2. The molecule has 2 aromatic carbocycles. The summed E-state index contributed by atoms with van der Waals surface area (Å²) in [7, 11) is 0. The fraction of sp³-hybridized carbons (Fsp3) is 0.240. The van der Waals surface area contributed by atoms with E-state index >= 15 is 0 Å². The third-order valence-electron chi connectivity index (χ3n) is 5.76. The van der Waals surface area contributed by atoms with E-state index in [0.29, 0.717) is 59.6 Å². The van der Waals surface area contributed by atoms with Crippen molar-refractivity contribution in [3.8, 4) is 11.5 Å². The molecule has 10 heteroatoms. The summed E-state index contributed by atoms with van der Waals surface area (Å²) in [5, 5.41) is 3.32. The summed E-state index contributed by atoms with van der Waals surface area (Å²) < 4.78 is 24.7. The van der Waals surface area contributed by atoms with Crippen LogP contribution in [-0.2, 0) is 4.79 Å². The Kier molecular flexibility index (Phi) is 6.71. The summed E-state index contributed by atoms with van der Waals surface area (Å²) in [5.41, 5.74) is 1.60. The van der Waals surface area contributed by atoms with E-state index in [4.69, 9.17) is 9.47 Å². The van der Waals surface area contributed by atoms with Gasteiger partial charge in [-0.15, -0.1) is 0 Å². The number of piperazine rings is 1. The highest BCUT2D eigenvalue weighted by atomic mass is 32.2. The van der Waals surface area contributed by atoms with Gasteiger partial charge in [-0.05, 0) is 36.4 Å². The lowest BCUT2D eigenvalue weighted by atomic mass is 10.2. The molecule has 0 aliphatic carbocycles. The number of hydrogen-bond acceptors (Lipinski definition) is 7. The number of nitrogens with one attached hydrogen (secondary N) is 1. The summed E-state index contributed by atoms with van der Waals surface area (Å²) in [6.45, 7) is 2.17. The second kappa shape index (κ2) is 10.2. The maximum atomic E-state index is 14.1. The summed E-state index contributed by atoms with van der Waals surface area (Å²) >= 11 is 1.20. The first kappa shape index (κ1) is 23.0. The van der Waals surface area contributed by atoms with Crippen molar-refractivity contribution in [1.82, 2.24) is 9.88 Å². The van der Waals surface area contributed by atoms with Gasteiger partial charge in [-0.2, -0.15) is 0 Å². The monoisotopic (exact) mass is 494 g/mol. The van der Waals surface area contributed by atoms with Crippen LogP contribution < -0.4 is 19.7 Å². The Hall–Kier alpha value is -3.79. The number of benzene rings is 2. The normalized spacial score (nSPS) is 14.7. The Morgan fingerprint density at radius 1 is 1.00 bits per heavy atom. The van der Waals surface area contributed by atoms with Gasteiger partial charge in [0.25, 0.3) is 5.91 Å². The molecule has 1 N–H and O–H groups in total. The van der Waals surface area contributed by atoms with Crippen LogP contribution in [0.4, 0.5) is 15.8 Å². The van der Waals surface area contributed by atoms with Gasteiger partial charge in [0.1, 0.15) is 10.8 Å². The second-order valence-corrected chi connectivity index (χ2v) is 8.96. The number of thioether (sulfide) groups is 1. The number of carbonyl (C=O) groups is 2. The quantitative estimate of drug-likeness (QED) is 0.524. The van der Waals surface area contributed by atoms with E-state index in [0.717, 1.165) is 0 Å². The maximum absolute atomic E-state index is 14.1. The van der Waals surface area contributed by atoms with Gasteiger partial charge < -0.3 is 24.6 Å². The predicted octanol–water partition coefficient (Wildman–Crippen LogP) is 3.64. The molecule has 0 bridgehead atoms. The number of rotatable bonds is 6. The zero-order valence-electron chi connectivity index (χ0n) is 18.8. The summed E-state index contributed by atoms with van der Waals surface area (Å²) in [5.74, 6) is 0.679. The van der Waals surface area contributed by atoms with Crippen molar-refractivity contribution in [1.29, 1.82) is 0 Å². The molecule has 5 rings (SSSR count). The van der Waals surface area contributed by atoms with Crippen LogP contribution in [0.15, 0.2) is 65.8 Å². The highest BCUT2D eigenvalue weighted by Crippen LogP contribution is 2.34. The number of carbonyl (C=O) groups excluding carboxylic acids is 2. The van der Waals surface area contributed by atoms with Crippen molar-refractivity contribution >= 4 is 35.0 Å². The molecule has 180 valence electrons. The first-order chi connectivity index (χ1) is 17.1. The third kappa shape index (κ3) is 5.17. The molecule has 0 spiro atoms. The van der Waals surface area contributed by atoms with Crippen LogP contribution >= 0.6 is 11.8 Å². The largest absolute Gasteiger partial charge is 0.454 e. The summed E-state index contributed by atoms with van der Waals surface area (Å²) in [6.07, 6.45) is 1.60. The fourth-order valence-electron chi connectivity index (χ4n) is 4.00. The van der Waals surface area contributed by atoms with Crippen molar-refractivity contribution in [2.45, 2.75) is 5.03 Å². The number of anilines is 2. The number of pyridine rings is 1. The number of fused-ring (bicyclic) bond motifs is 1. The first-order valence-corrected chi connectivity index (χ1v) is 12.1. The number of para-hydroxylation sites is 1. The van der Waals surface area contributed by atoms with E-state index in [9.17, 15) is 14.0 Å². The molecule has 8 nitrogen and oxygen atoms in total. The van der Waals surface area contributed by atoms with Gasteiger partial charge in [0, 0.05) is 44.1 Å². The van der Waals surface area contributed by atoms with Crippen LogP contribution in [0.3, 0.4) is 0 Å². The Balaban J connectivity index is 1.18. The maximum Gasteiger partial charge on any atom is 0.256 e. The van der Waals surface area contributed by atoms with Crippen molar-refractivity contribution < 1.29 is 23.5 Å². The number of aromatic nitrogens is 1. The number of halogens is 1. The summed E-state index contributed by atoms with van der Waals surface area (Å²) in [6, 6.07) is 15.3. The van der Waals surface area contributed by atoms with Crippen LogP contribution in [0.2, 0.25) is 0 Å². The molecule has 1 fully saturated rings. The highest BCUT2D eigenvalue weighted by Gasteiger charge is 2.25. The molecule has 1 saturated heterocycles. The van der Waals surface area contributed by atoms with E-state index in [1.807, 2.05) is 4.90 Å². The average molecular weight is 495 g/mol. The van der Waals surface area contributed by atoms with Crippen LogP contribution in [0.5, 0.6) is 11.5 Å². The summed E-state index contributed by atoms with van der Waals surface area (Å²) in [4.78, 5) is 33.8. The first-order valence-electron chi connectivity index (χ1n) is 11.1. The van der Waals surface area contributed by atoms with Gasteiger partial charge in [0.05, 0.1) is 17.0 Å². The third-order valence-corrected chi connectivity index (χ3v) is 6.76. The minimum Gasteiger partial charge on any atom is -0.454 e. The van der Waals surface area contributed by atoms with Crippen molar-refractivity contribution in [3.05, 3.63) is 72.2 Å². The number of hydrogen-bond donors (Lipinski definition) is 1. The number of nitrogens with zero attached hydrogens (tertiary/aromatic N) is 3. The Bertz CT molecular complexity index is 1250. The second-order valence-electron chi connectivity index (χ2n) is 7.99. The van der Waals surface area contributed by atoms with Crippen LogP contribution in [-0.4, -0.2) is 60.4 Å². The molecule has 0 atom stereocenters. The smallest absolute Gasteiger partial charge is 0.256 e. The molecule has 0 radical (unpaired) electrons. The molecule has 0 unspecified atom stereocenters. The Morgan fingerprint density at radius 3 is 2.63 bits per heavy atom. The highest BCUT2D eigenvalue weighted by molar-refractivity contribution is 8.00. The van der Waals surface area contributed by atoms with Crippen molar-refractivity contribution in [2.75, 3.05) is 48.9 Å². The van der Waals surface area contributed by atoms with E-state index in [1.54, 1.807) is 59.6 Å².